The number of rotatable bonds is 0. The molecule has 0 bridgehead atoms. The molecule has 0 aliphatic carbocycles. The van der Waals surface area contributed by atoms with Crippen molar-refractivity contribution < 1.29 is 0 Å². The van der Waals surface area contributed by atoms with E-state index in [2.05, 4.69) is 46.9 Å². The minimum atomic E-state index is 0.347. The summed E-state index contributed by atoms with van der Waals surface area (Å²) in [6, 6.07) is 0. The van der Waals surface area contributed by atoms with E-state index in [4.69, 9.17) is 0 Å². The van der Waals surface area contributed by atoms with Crippen molar-refractivity contribution in [3.05, 3.63) is 0 Å². The summed E-state index contributed by atoms with van der Waals surface area (Å²) in [4.78, 5) is 0. The summed E-state index contributed by atoms with van der Waals surface area (Å²) in [6.07, 6.45) is 1.32. The van der Waals surface area contributed by atoms with Crippen LogP contribution >= 0.6 is 0 Å². The van der Waals surface area contributed by atoms with Crippen LogP contribution in [0.2, 0.25) is 0 Å². The zero-order chi connectivity index (χ0) is 9.62. The first-order valence-corrected chi connectivity index (χ1v) is 4.96. The van der Waals surface area contributed by atoms with Crippen LogP contribution in [0.25, 0.3) is 0 Å². The SMILES string of the molecule is CC(C)(C)C1(C(C)(C)C)CCN1. The average molecular weight is 169 g/mol. The summed E-state index contributed by atoms with van der Waals surface area (Å²) >= 11 is 0. The number of nitrogens with one attached hydrogen (secondary N) is 1. The summed E-state index contributed by atoms with van der Waals surface area (Å²) in [5, 5.41) is 3.64. The van der Waals surface area contributed by atoms with Gasteiger partial charge in [0, 0.05) is 5.54 Å². The largest absolute Gasteiger partial charge is 0.310 e. The van der Waals surface area contributed by atoms with E-state index in [1.807, 2.05) is 0 Å². The van der Waals surface area contributed by atoms with E-state index in [1.165, 1.54) is 13.0 Å². The Kier molecular flexibility index (Phi) is 2.07. The normalized spacial score (nSPS) is 23.5. The number of hydrogen-bond donors (Lipinski definition) is 1. The molecule has 0 saturated carbocycles. The third kappa shape index (κ3) is 1.19. The lowest BCUT2D eigenvalue weighted by atomic mass is 9.55. The van der Waals surface area contributed by atoms with E-state index in [0.29, 0.717) is 16.4 Å². The molecule has 1 nitrogen and oxygen atoms in total. The Morgan fingerprint density at radius 3 is 1.25 bits per heavy atom. The molecule has 1 N–H and O–H groups in total. The van der Waals surface area contributed by atoms with E-state index in [0.717, 1.165) is 0 Å². The quantitative estimate of drug-likeness (QED) is 0.588. The second-order valence-electron chi connectivity index (χ2n) is 6.08. The van der Waals surface area contributed by atoms with Crippen molar-refractivity contribution >= 4 is 0 Å². The van der Waals surface area contributed by atoms with Gasteiger partial charge in [0.1, 0.15) is 0 Å². The van der Waals surface area contributed by atoms with Gasteiger partial charge in [0.05, 0.1) is 0 Å². The maximum Gasteiger partial charge on any atom is 0.0290 e. The maximum absolute atomic E-state index is 3.64. The first-order chi connectivity index (χ1) is 5.21. The Balaban J connectivity index is 2.92. The highest BCUT2D eigenvalue weighted by molar-refractivity contribution is 5.11. The van der Waals surface area contributed by atoms with Crippen LogP contribution in [0, 0.1) is 10.8 Å². The molecule has 72 valence electrons. The van der Waals surface area contributed by atoms with Crippen LogP contribution in [0.3, 0.4) is 0 Å². The van der Waals surface area contributed by atoms with Crippen LogP contribution in [0.1, 0.15) is 48.0 Å². The summed E-state index contributed by atoms with van der Waals surface area (Å²) in [6.45, 7) is 15.2. The molecule has 1 aliphatic rings. The molecule has 1 saturated heterocycles. The van der Waals surface area contributed by atoms with Crippen LogP contribution in [0.15, 0.2) is 0 Å². The Morgan fingerprint density at radius 2 is 1.25 bits per heavy atom. The van der Waals surface area contributed by atoms with Crippen LogP contribution < -0.4 is 5.32 Å². The molecule has 1 fully saturated rings. The molecule has 0 aromatic heterocycles. The van der Waals surface area contributed by atoms with Crippen LogP contribution in [0.5, 0.6) is 0 Å². The van der Waals surface area contributed by atoms with Crippen molar-refractivity contribution in [2.24, 2.45) is 10.8 Å². The van der Waals surface area contributed by atoms with Crippen LogP contribution in [-0.4, -0.2) is 12.1 Å². The van der Waals surface area contributed by atoms with Crippen molar-refractivity contribution in [3.8, 4) is 0 Å². The van der Waals surface area contributed by atoms with E-state index >= 15 is 0 Å². The van der Waals surface area contributed by atoms with Gasteiger partial charge in [-0.05, 0) is 23.8 Å². The maximum atomic E-state index is 3.64. The molecule has 0 unspecified atom stereocenters. The smallest absolute Gasteiger partial charge is 0.0290 e. The van der Waals surface area contributed by atoms with Crippen molar-refractivity contribution in [1.29, 1.82) is 0 Å². The summed E-state index contributed by atoms with van der Waals surface area (Å²) in [5.41, 5.74) is 1.08. The zero-order valence-electron chi connectivity index (χ0n) is 9.41. The highest BCUT2D eigenvalue weighted by atomic mass is 15.1. The van der Waals surface area contributed by atoms with Crippen molar-refractivity contribution in [1.82, 2.24) is 5.32 Å². The van der Waals surface area contributed by atoms with Gasteiger partial charge in [0.2, 0.25) is 0 Å². The minimum Gasteiger partial charge on any atom is -0.310 e. The molecule has 0 atom stereocenters. The average Bonchev–Trinajstić information content (AvgIpc) is 1.47. The second kappa shape index (κ2) is 2.47. The van der Waals surface area contributed by atoms with Gasteiger partial charge in [-0.3, -0.25) is 0 Å². The minimum absolute atomic E-state index is 0.347. The van der Waals surface area contributed by atoms with E-state index < -0.39 is 0 Å². The predicted octanol–water partition coefficient (Wildman–Crippen LogP) is 2.81. The topological polar surface area (TPSA) is 12.0 Å². The lowest BCUT2D eigenvalue weighted by Gasteiger charge is -2.60. The Labute approximate surface area is 76.9 Å². The molecular formula is C11H23N. The Bertz CT molecular complexity index is 148. The lowest BCUT2D eigenvalue weighted by Crippen LogP contribution is -2.70. The zero-order valence-corrected chi connectivity index (χ0v) is 9.41. The molecule has 1 heteroatoms. The fourth-order valence-corrected chi connectivity index (χ4v) is 2.78. The highest BCUT2D eigenvalue weighted by Crippen LogP contribution is 2.49. The van der Waals surface area contributed by atoms with Gasteiger partial charge in [-0.1, -0.05) is 41.5 Å². The monoisotopic (exact) mass is 169 g/mol. The Morgan fingerprint density at radius 1 is 0.917 bits per heavy atom. The molecule has 0 aromatic carbocycles. The van der Waals surface area contributed by atoms with Gasteiger partial charge in [0.15, 0.2) is 0 Å². The number of hydrogen-bond acceptors (Lipinski definition) is 1. The summed E-state index contributed by atoms with van der Waals surface area (Å²) in [5.74, 6) is 0. The summed E-state index contributed by atoms with van der Waals surface area (Å²) in [7, 11) is 0. The van der Waals surface area contributed by atoms with Crippen molar-refractivity contribution in [3.63, 3.8) is 0 Å². The van der Waals surface area contributed by atoms with Crippen molar-refractivity contribution in [2.45, 2.75) is 53.5 Å². The molecule has 0 radical (unpaired) electrons. The molecule has 0 aromatic rings. The second-order valence-corrected chi connectivity index (χ2v) is 6.08. The fourth-order valence-electron chi connectivity index (χ4n) is 2.78. The first kappa shape index (κ1) is 10.0. The fraction of sp³-hybridized carbons (Fsp3) is 1.00. The highest BCUT2D eigenvalue weighted by Gasteiger charge is 2.53. The van der Waals surface area contributed by atoms with Gasteiger partial charge in [0.25, 0.3) is 0 Å². The lowest BCUT2D eigenvalue weighted by molar-refractivity contribution is -0.0349. The molecule has 1 heterocycles. The van der Waals surface area contributed by atoms with Gasteiger partial charge in [-0.15, -0.1) is 0 Å². The predicted molar refractivity (Wildman–Crippen MR) is 54.3 cm³/mol. The first-order valence-electron chi connectivity index (χ1n) is 4.96. The van der Waals surface area contributed by atoms with Crippen LogP contribution in [0.4, 0.5) is 0 Å². The molecule has 0 amide bonds. The third-order valence-corrected chi connectivity index (χ3v) is 3.49. The van der Waals surface area contributed by atoms with E-state index in [9.17, 15) is 0 Å². The third-order valence-electron chi connectivity index (χ3n) is 3.49. The Hall–Kier alpha value is -0.0400. The molecular weight excluding hydrogens is 146 g/mol. The summed E-state index contributed by atoms with van der Waals surface area (Å²) < 4.78 is 0. The van der Waals surface area contributed by atoms with E-state index in [-0.39, 0.29) is 0 Å². The van der Waals surface area contributed by atoms with Gasteiger partial charge >= 0.3 is 0 Å². The molecule has 0 spiro atoms. The molecule has 12 heavy (non-hydrogen) atoms. The van der Waals surface area contributed by atoms with Gasteiger partial charge in [-0.2, -0.15) is 0 Å². The standard InChI is InChI=1S/C11H23N/c1-9(2,3)11(7-8-12-11)10(4,5)6/h12H,7-8H2,1-6H3. The van der Waals surface area contributed by atoms with Gasteiger partial charge in [-0.25, -0.2) is 0 Å². The van der Waals surface area contributed by atoms with E-state index in [1.54, 1.807) is 0 Å². The van der Waals surface area contributed by atoms with Crippen LogP contribution in [-0.2, 0) is 0 Å². The molecule has 1 rings (SSSR count). The van der Waals surface area contributed by atoms with Crippen molar-refractivity contribution in [2.75, 3.05) is 6.54 Å². The van der Waals surface area contributed by atoms with Gasteiger partial charge < -0.3 is 5.32 Å². The molecule has 1 aliphatic heterocycles.